The van der Waals surface area contributed by atoms with Gasteiger partial charge in [-0.3, -0.25) is 0 Å². The van der Waals surface area contributed by atoms with Crippen LogP contribution in [0.3, 0.4) is 0 Å². The van der Waals surface area contributed by atoms with Gasteiger partial charge < -0.3 is 9.73 Å². The minimum absolute atomic E-state index is 0.378. The minimum atomic E-state index is -0.378. The van der Waals surface area contributed by atoms with E-state index in [0.29, 0.717) is 5.84 Å². The number of hydrogen-bond acceptors (Lipinski definition) is 4. The van der Waals surface area contributed by atoms with Gasteiger partial charge >= 0.3 is 0 Å². The van der Waals surface area contributed by atoms with Gasteiger partial charge in [-0.1, -0.05) is 200 Å². The lowest BCUT2D eigenvalue weighted by Gasteiger charge is -2.24. The number of nitrogens with one attached hydrogen (secondary N) is 1. The van der Waals surface area contributed by atoms with Gasteiger partial charge in [-0.2, -0.15) is 0 Å². The molecule has 0 amide bonds. The number of amidine groups is 2. The van der Waals surface area contributed by atoms with E-state index in [4.69, 9.17) is 14.4 Å². The van der Waals surface area contributed by atoms with Crippen molar-refractivity contribution in [2.75, 3.05) is 0 Å². The molecule has 1 aliphatic rings. The maximum absolute atomic E-state index is 6.56. The Morgan fingerprint density at radius 1 is 0.349 bits per heavy atom. The van der Waals surface area contributed by atoms with Crippen molar-refractivity contribution in [2.24, 2.45) is 9.98 Å². The van der Waals surface area contributed by atoms with E-state index in [9.17, 15) is 0 Å². The van der Waals surface area contributed by atoms with Crippen LogP contribution in [-0.2, 0) is 0 Å². The van der Waals surface area contributed by atoms with Gasteiger partial charge in [0, 0.05) is 21.9 Å². The first-order chi connectivity index (χ1) is 31.2. The van der Waals surface area contributed by atoms with Crippen molar-refractivity contribution in [1.82, 2.24) is 5.32 Å². The predicted molar refractivity (Wildman–Crippen MR) is 262 cm³/mol. The van der Waals surface area contributed by atoms with Gasteiger partial charge in [0.1, 0.15) is 23.2 Å². The zero-order valence-corrected chi connectivity index (χ0v) is 34.2. The largest absolute Gasteiger partial charge is 0.456 e. The quantitative estimate of drug-likeness (QED) is 0.174. The van der Waals surface area contributed by atoms with E-state index >= 15 is 0 Å². The summed E-state index contributed by atoms with van der Waals surface area (Å²) in [4.78, 5) is 10.5. The first-order valence-corrected chi connectivity index (χ1v) is 21.4. The lowest BCUT2D eigenvalue weighted by molar-refractivity contribution is 0.666. The molecule has 0 radical (unpaired) electrons. The number of aliphatic imine (C=N–C) groups is 2. The molecule has 63 heavy (non-hydrogen) atoms. The van der Waals surface area contributed by atoms with Crippen molar-refractivity contribution in [3.8, 4) is 44.5 Å². The lowest BCUT2D eigenvalue weighted by Crippen LogP contribution is -2.33. The van der Waals surface area contributed by atoms with E-state index < -0.39 is 0 Å². The van der Waals surface area contributed by atoms with Crippen LogP contribution in [0.1, 0.15) is 22.9 Å². The first kappa shape index (κ1) is 36.5. The number of rotatable bonds is 7. The van der Waals surface area contributed by atoms with Crippen LogP contribution >= 0.6 is 0 Å². The van der Waals surface area contributed by atoms with Crippen LogP contribution in [0.25, 0.3) is 88.0 Å². The molecule has 10 aromatic carbocycles. The summed E-state index contributed by atoms with van der Waals surface area (Å²) < 4.78 is 6.56. The average Bonchev–Trinajstić information content (AvgIpc) is 3.74. The highest BCUT2D eigenvalue weighted by Gasteiger charge is 2.23. The van der Waals surface area contributed by atoms with Crippen molar-refractivity contribution >= 4 is 55.2 Å². The minimum Gasteiger partial charge on any atom is -0.456 e. The van der Waals surface area contributed by atoms with Crippen LogP contribution in [0.4, 0.5) is 0 Å². The van der Waals surface area contributed by atoms with Crippen LogP contribution < -0.4 is 5.32 Å². The Hall–Kier alpha value is -8.34. The van der Waals surface area contributed by atoms with Gasteiger partial charge in [0.15, 0.2) is 5.84 Å². The molecule has 4 nitrogen and oxygen atoms in total. The zero-order valence-electron chi connectivity index (χ0n) is 34.2. The monoisotopic (exact) mass is 805 g/mol. The molecule has 0 fully saturated rings. The molecule has 0 aliphatic carbocycles. The molecule has 0 saturated carbocycles. The summed E-state index contributed by atoms with van der Waals surface area (Å²) in [7, 11) is 0. The molecule has 0 bridgehead atoms. The van der Waals surface area contributed by atoms with Crippen LogP contribution in [0.15, 0.2) is 239 Å². The van der Waals surface area contributed by atoms with Crippen molar-refractivity contribution in [1.29, 1.82) is 0 Å². The summed E-state index contributed by atoms with van der Waals surface area (Å²) in [5.41, 5.74) is 14.0. The highest BCUT2D eigenvalue weighted by Crippen LogP contribution is 2.38. The summed E-state index contributed by atoms with van der Waals surface area (Å²) >= 11 is 0. The van der Waals surface area contributed by atoms with E-state index in [2.05, 4.69) is 224 Å². The second-order valence-corrected chi connectivity index (χ2v) is 16.1. The molecule has 0 spiro atoms. The Bertz CT molecular complexity index is 3560. The molecule has 296 valence electrons. The van der Waals surface area contributed by atoms with Gasteiger partial charge in [0.05, 0.1) is 0 Å². The molecule has 2 heterocycles. The third-order valence-corrected chi connectivity index (χ3v) is 12.4. The van der Waals surface area contributed by atoms with Crippen LogP contribution in [0.5, 0.6) is 0 Å². The van der Waals surface area contributed by atoms with Crippen molar-refractivity contribution < 1.29 is 4.42 Å². The molecule has 1 unspecified atom stereocenters. The fourth-order valence-electron chi connectivity index (χ4n) is 9.17. The number of nitrogens with zero attached hydrogens (tertiary/aromatic N) is 2. The Labute approximate surface area is 365 Å². The van der Waals surface area contributed by atoms with Crippen molar-refractivity contribution in [3.05, 3.63) is 241 Å². The first-order valence-electron chi connectivity index (χ1n) is 21.4. The number of furan rings is 1. The van der Waals surface area contributed by atoms with Gasteiger partial charge in [-0.05, 0) is 95.9 Å². The molecule has 4 heteroatoms. The van der Waals surface area contributed by atoms with E-state index in [-0.39, 0.29) is 6.17 Å². The average molecular weight is 806 g/mol. The molecular formula is C59H39N3O. The third-order valence-electron chi connectivity index (χ3n) is 12.4. The topological polar surface area (TPSA) is 49.9 Å². The van der Waals surface area contributed by atoms with Crippen LogP contribution in [0, 0.1) is 0 Å². The van der Waals surface area contributed by atoms with Crippen LogP contribution in [0.2, 0.25) is 0 Å². The smallest absolute Gasteiger partial charge is 0.159 e. The molecule has 11 aromatic rings. The Kier molecular flexibility index (Phi) is 8.86. The molecule has 12 rings (SSSR count). The maximum Gasteiger partial charge on any atom is 0.159 e. The molecular weight excluding hydrogens is 767 g/mol. The fraction of sp³-hybridized carbons (Fsp3) is 0.0169. The van der Waals surface area contributed by atoms with E-state index in [1.807, 2.05) is 6.07 Å². The lowest BCUT2D eigenvalue weighted by atomic mass is 9.92. The summed E-state index contributed by atoms with van der Waals surface area (Å²) in [6.45, 7) is 0. The number of hydrogen-bond donors (Lipinski definition) is 1. The normalized spacial score (nSPS) is 13.9. The van der Waals surface area contributed by atoms with E-state index in [0.717, 1.165) is 66.7 Å². The van der Waals surface area contributed by atoms with Gasteiger partial charge in [-0.15, -0.1) is 0 Å². The maximum atomic E-state index is 6.56. The molecule has 1 atom stereocenters. The molecule has 1 aliphatic heterocycles. The van der Waals surface area contributed by atoms with Crippen molar-refractivity contribution in [2.45, 2.75) is 6.17 Å². The van der Waals surface area contributed by atoms with E-state index in [1.54, 1.807) is 0 Å². The highest BCUT2D eigenvalue weighted by atomic mass is 16.3. The molecule has 1 N–H and O–H groups in total. The van der Waals surface area contributed by atoms with Gasteiger partial charge in [0.2, 0.25) is 0 Å². The number of benzene rings is 10. The van der Waals surface area contributed by atoms with Gasteiger partial charge in [0.25, 0.3) is 0 Å². The van der Waals surface area contributed by atoms with Crippen molar-refractivity contribution in [3.63, 3.8) is 0 Å². The summed E-state index contributed by atoms with van der Waals surface area (Å²) in [6, 6.07) is 79.5. The number of fused-ring (bicyclic) bond motifs is 5. The summed E-state index contributed by atoms with van der Waals surface area (Å²) in [5.74, 6) is 1.41. The van der Waals surface area contributed by atoms with E-state index in [1.165, 1.54) is 43.8 Å². The van der Waals surface area contributed by atoms with Gasteiger partial charge in [-0.25, -0.2) is 9.98 Å². The predicted octanol–water partition coefficient (Wildman–Crippen LogP) is 15.1. The Morgan fingerprint density at radius 3 is 1.52 bits per heavy atom. The summed E-state index contributed by atoms with van der Waals surface area (Å²) in [5, 5.41) is 10.8. The zero-order chi connectivity index (χ0) is 41.7. The standard InChI is InChI=1S/C59H39N3O/c1-3-12-38(13-4-1)45-30-32-53-54-33-31-46(37-56(54)63-55(53)36-45)59-61-57(43-26-22-41(23-27-43)48-21-11-17-40-16-7-8-18-47(40)48)60-58(62-59)44-28-24-42(25-29-44)50-35-34-49(39-14-5-2-6-15-39)51-19-9-10-20-52(50)51/h1-37,58H,(H,60,61,62). The second-order valence-electron chi connectivity index (χ2n) is 16.1. The molecule has 0 saturated heterocycles. The third kappa shape index (κ3) is 6.66. The molecule has 1 aromatic heterocycles. The fourth-order valence-corrected chi connectivity index (χ4v) is 9.17. The second kappa shape index (κ2) is 15.3. The Morgan fingerprint density at radius 2 is 0.841 bits per heavy atom. The van der Waals surface area contributed by atoms with Crippen LogP contribution in [-0.4, -0.2) is 11.7 Å². The summed E-state index contributed by atoms with van der Waals surface area (Å²) in [6.07, 6.45) is -0.378. The Balaban J connectivity index is 0.920. The highest BCUT2D eigenvalue weighted by molar-refractivity contribution is 6.15. The SMILES string of the molecule is c1ccc(-c2ccc3c(c2)oc2cc(C4=NC(c5ccc(-c6cccc7ccccc67)cc5)=NC(c5ccc(-c6ccc(-c7ccccc7)c7ccccc67)cc5)N4)ccc23)cc1.